The highest BCUT2D eigenvalue weighted by Gasteiger charge is 2.29. The molecule has 0 aromatic rings. The van der Waals surface area contributed by atoms with Crippen LogP contribution in [-0.2, 0) is 19.1 Å². The molecule has 0 bridgehead atoms. The summed E-state index contributed by atoms with van der Waals surface area (Å²) in [6, 6.07) is 0. The van der Waals surface area contributed by atoms with Crippen LogP contribution in [0.3, 0.4) is 0 Å². The van der Waals surface area contributed by atoms with Crippen LogP contribution < -0.4 is 5.73 Å². The number of hydrogen-bond acceptors (Lipinski definition) is 5. The van der Waals surface area contributed by atoms with E-state index < -0.39 is 12.3 Å². The van der Waals surface area contributed by atoms with Crippen LogP contribution in [-0.4, -0.2) is 24.8 Å². The number of rotatable bonds is 5. The van der Waals surface area contributed by atoms with Crippen LogP contribution in [0.25, 0.3) is 0 Å². The molecule has 1 rings (SSSR count). The van der Waals surface area contributed by atoms with Crippen molar-refractivity contribution in [1.29, 1.82) is 0 Å². The van der Waals surface area contributed by atoms with Gasteiger partial charge in [0.15, 0.2) is 0 Å². The number of carbonyl (C=O) groups is 2. The SMILES string of the molecule is CCC(=O)OC(OC(=O)CN)C1CCCCC1. The zero-order chi connectivity index (χ0) is 12.7. The summed E-state index contributed by atoms with van der Waals surface area (Å²) in [6.45, 7) is 1.53. The molecule has 0 aromatic heterocycles. The number of hydrogen-bond donors (Lipinski definition) is 1. The molecule has 5 nitrogen and oxygen atoms in total. The zero-order valence-corrected chi connectivity index (χ0v) is 10.3. The van der Waals surface area contributed by atoms with Gasteiger partial charge in [0.25, 0.3) is 0 Å². The third-order valence-corrected chi connectivity index (χ3v) is 2.99. The number of nitrogens with two attached hydrogens (primary N) is 1. The highest BCUT2D eigenvalue weighted by molar-refractivity contribution is 5.72. The van der Waals surface area contributed by atoms with E-state index in [2.05, 4.69) is 0 Å². The molecule has 0 aromatic carbocycles. The monoisotopic (exact) mass is 243 g/mol. The van der Waals surface area contributed by atoms with Gasteiger partial charge in [0.2, 0.25) is 6.29 Å². The molecule has 17 heavy (non-hydrogen) atoms. The molecular formula is C12H21NO4. The first-order valence-corrected chi connectivity index (χ1v) is 6.26. The Bertz CT molecular complexity index is 243. The van der Waals surface area contributed by atoms with E-state index in [1.54, 1.807) is 6.92 Å². The molecule has 0 saturated heterocycles. The Labute approximate surface area is 102 Å². The number of esters is 2. The third kappa shape index (κ3) is 4.73. The first-order valence-electron chi connectivity index (χ1n) is 6.26. The summed E-state index contributed by atoms with van der Waals surface area (Å²) in [4.78, 5) is 22.5. The second kappa shape index (κ2) is 7.27. The largest absolute Gasteiger partial charge is 0.425 e. The summed E-state index contributed by atoms with van der Waals surface area (Å²) < 4.78 is 10.3. The van der Waals surface area contributed by atoms with Crippen molar-refractivity contribution in [2.75, 3.05) is 6.54 Å². The van der Waals surface area contributed by atoms with Crippen LogP contribution >= 0.6 is 0 Å². The summed E-state index contributed by atoms with van der Waals surface area (Å²) in [7, 11) is 0. The average Bonchev–Trinajstić information content (AvgIpc) is 2.38. The maximum atomic E-state index is 11.3. The molecule has 1 aliphatic carbocycles. The highest BCUT2D eigenvalue weighted by Crippen LogP contribution is 2.28. The lowest BCUT2D eigenvalue weighted by atomic mass is 9.89. The van der Waals surface area contributed by atoms with Crippen LogP contribution in [0.1, 0.15) is 45.4 Å². The lowest BCUT2D eigenvalue weighted by Crippen LogP contribution is -2.35. The van der Waals surface area contributed by atoms with Crippen LogP contribution in [0.2, 0.25) is 0 Å². The minimum atomic E-state index is -0.751. The van der Waals surface area contributed by atoms with Gasteiger partial charge in [0, 0.05) is 12.3 Å². The van der Waals surface area contributed by atoms with Gasteiger partial charge in [-0.3, -0.25) is 9.59 Å². The molecular weight excluding hydrogens is 222 g/mol. The molecule has 1 atom stereocenters. The maximum Gasteiger partial charge on any atom is 0.322 e. The maximum absolute atomic E-state index is 11.3. The van der Waals surface area contributed by atoms with E-state index in [0.717, 1.165) is 25.7 Å². The summed E-state index contributed by atoms with van der Waals surface area (Å²) >= 11 is 0. The Hall–Kier alpha value is -1.10. The van der Waals surface area contributed by atoms with E-state index in [-0.39, 0.29) is 24.9 Å². The van der Waals surface area contributed by atoms with Gasteiger partial charge < -0.3 is 15.2 Å². The average molecular weight is 243 g/mol. The van der Waals surface area contributed by atoms with Crippen molar-refractivity contribution in [3.8, 4) is 0 Å². The first-order chi connectivity index (χ1) is 8.17. The molecule has 98 valence electrons. The molecule has 2 N–H and O–H groups in total. The van der Waals surface area contributed by atoms with E-state index in [1.807, 2.05) is 0 Å². The molecule has 5 heteroatoms. The summed E-state index contributed by atoms with van der Waals surface area (Å²) in [5, 5.41) is 0. The quantitative estimate of drug-likeness (QED) is 0.582. The Balaban J connectivity index is 2.56. The molecule has 0 spiro atoms. The minimum Gasteiger partial charge on any atom is -0.425 e. The van der Waals surface area contributed by atoms with Crippen molar-refractivity contribution in [3.63, 3.8) is 0 Å². The van der Waals surface area contributed by atoms with Crippen molar-refractivity contribution in [3.05, 3.63) is 0 Å². The van der Waals surface area contributed by atoms with Gasteiger partial charge in [-0.05, 0) is 12.8 Å². The van der Waals surface area contributed by atoms with Gasteiger partial charge in [-0.25, -0.2) is 0 Å². The fourth-order valence-corrected chi connectivity index (χ4v) is 2.01. The fourth-order valence-electron chi connectivity index (χ4n) is 2.01. The molecule has 0 radical (unpaired) electrons. The van der Waals surface area contributed by atoms with Crippen molar-refractivity contribution in [2.45, 2.75) is 51.7 Å². The van der Waals surface area contributed by atoms with Gasteiger partial charge in [-0.15, -0.1) is 0 Å². The van der Waals surface area contributed by atoms with E-state index >= 15 is 0 Å². The predicted molar refractivity (Wildman–Crippen MR) is 61.9 cm³/mol. The van der Waals surface area contributed by atoms with E-state index in [9.17, 15) is 9.59 Å². The molecule has 1 aliphatic rings. The van der Waals surface area contributed by atoms with Crippen molar-refractivity contribution in [1.82, 2.24) is 0 Å². The molecule has 0 heterocycles. The number of carbonyl (C=O) groups excluding carboxylic acids is 2. The summed E-state index contributed by atoms with van der Waals surface area (Å²) in [5.41, 5.74) is 5.20. The highest BCUT2D eigenvalue weighted by atomic mass is 16.7. The van der Waals surface area contributed by atoms with Crippen LogP contribution in [0, 0.1) is 5.92 Å². The smallest absolute Gasteiger partial charge is 0.322 e. The lowest BCUT2D eigenvalue weighted by Gasteiger charge is -2.29. The van der Waals surface area contributed by atoms with Crippen LogP contribution in [0.5, 0.6) is 0 Å². The topological polar surface area (TPSA) is 78.6 Å². The fraction of sp³-hybridized carbons (Fsp3) is 0.833. The van der Waals surface area contributed by atoms with E-state index in [4.69, 9.17) is 15.2 Å². The summed E-state index contributed by atoms with van der Waals surface area (Å²) in [6.07, 6.45) is 4.76. The van der Waals surface area contributed by atoms with Crippen molar-refractivity contribution < 1.29 is 19.1 Å². The third-order valence-electron chi connectivity index (χ3n) is 2.99. The molecule has 1 fully saturated rings. The Morgan fingerprint density at radius 1 is 1.18 bits per heavy atom. The first kappa shape index (κ1) is 14.0. The van der Waals surface area contributed by atoms with Gasteiger partial charge >= 0.3 is 11.9 Å². The molecule has 1 unspecified atom stereocenters. The van der Waals surface area contributed by atoms with Gasteiger partial charge in [-0.1, -0.05) is 26.2 Å². The minimum absolute atomic E-state index is 0.120. The second-order valence-electron chi connectivity index (χ2n) is 4.30. The lowest BCUT2D eigenvalue weighted by molar-refractivity contribution is -0.199. The normalized spacial score (nSPS) is 18.5. The standard InChI is InChI=1S/C12H21NO4/c1-2-10(14)16-12(17-11(15)8-13)9-6-4-3-5-7-9/h9,12H,2-8,13H2,1H3. The predicted octanol–water partition coefficient (Wildman–Crippen LogP) is 1.35. The molecule has 1 saturated carbocycles. The van der Waals surface area contributed by atoms with E-state index in [1.165, 1.54) is 6.42 Å². The van der Waals surface area contributed by atoms with Gasteiger partial charge in [0.1, 0.15) is 0 Å². The number of ether oxygens (including phenoxy) is 2. The van der Waals surface area contributed by atoms with E-state index in [0.29, 0.717) is 0 Å². The van der Waals surface area contributed by atoms with Gasteiger partial charge in [0.05, 0.1) is 6.54 Å². The molecule has 0 aliphatic heterocycles. The second-order valence-corrected chi connectivity index (χ2v) is 4.30. The van der Waals surface area contributed by atoms with Gasteiger partial charge in [-0.2, -0.15) is 0 Å². The van der Waals surface area contributed by atoms with Crippen molar-refractivity contribution >= 4 is 11.9 Å². The summed E-state index contributed by atoms with van der Waals surface area (Å²) in [5.74, 6) is -0.746. The van der Waals surface area contributed by atoms with Crippen LogP contribution in [0.15, 0.2) is 0 Å². The Morgan fingerprint density at radius 2 is 1.76 bits per heavy atom. The Kier molecular flexibility index (Phi) is 5.97. The molecule has 0 amide bonds. The van der Waals surface area contributed by atoms with Crippen LogP contribution in [0.4, 0.5) is 0 Å². The Morgan fingerprint density at radius 3 is 2.29 bits per heavy atom. The van der Waals surface area contributed by atoms with Crippen molar-refractivity contribution in [2.24, 2.45) is 11.7 Å². The zero-order valence-electron chi connectivity index (χ0n) is 10.3.